The zero-order valence-corrected chi connectivity index (χ0v) is 18.0. The van der Waals surface area contributed by atoms with E-state index in [4.69, 9.17) is 4.74 Å². The second kappa shape index (κ2) is 5.78. The highest BCUT2D eigenvalue weighted by atomic mass is 16.5. The van der Waals surface area contributed by atoms with Crippen LogP contribution in [0.25, 0.3) is 21.5 Å². The predicted molar refractivity (Wildman–Crippen MR) is 126 cm³/mol. The number of rotatable bonds is 1. The second-order valence-electron chi connectivity index (χ2n) is 10.1. The Morgan fingerprint density at radius 3 is 2.37 bits per heavy atom. The van der Waals surface area contributed by atoms with Crippen LogP contribution in [0.5, 0.6) is 5.75 Å². The van der Waals surface area contributed by atoms with Gasteiger partial charge in [-0.15, -0.1) is 0 Å². The molecule has 0 bridgehead atoms. The van der Waals surface area contributed by atoms with Gasteiger partial charge in [0.2, 0.25) is 0 Å². The first-order valence-corrected chi connectivity index (χ1v) is 10.9. The van der Waals surface area contributed by atoms with E-state index in [9.17, 15) is 0 Å². The number of benzene rings is 4. The van der Waals surface area contributed by atoms with E-state index >= 15 is 0 Å². The van der Waals surface area contributed by atoms with Gasteiger partial charge in [0, 0.05) is 33.8 Å². The van der Waals surface area contributed by atoms with Gasteiger partial charge in [-0.3, -0.25) is 0 Å². The summed E-state index contributed by atoms with van der Waals surface area (Å²) >= 11 is 0. The van der Waals surface area contributed by atoms with Gasteiger partial charge in [0.15, 0.2) is 0 Å². The van der Waals surface area contributed by atoms with Crippen molar-refractivity contribution >= 4 is 27.2 Å². The molecule has 150 valence electrons. The zero-order chi connectivity index (χ0) is 20.7. The van der Waals surface area contributed by atoms with E-state index in [2.05, 4.69) is 99.7 Å². The topological polar surface area (TPSA) is 21.3 Å². The summed E-state index contributed by atoms with van der Waals surface area (Å²) in [5.41, 5.74) is 5.23. The molecule has 2 nitrogen and oxygen atoms in total. The number of nitrogens with one attached hydrogen (secondary N) is 1. The van der Waals surface area contributed by atoms with Crippen LogP contribution in [-0.2, 0) is 10.8 Å². The summed E-state index contributed by atoms with van der Waals surface area (Å²) in [5, 5.41) is 8.78. The van der Waals surface area contributed by atoms with Crippen molar-refractivity contribution in [2.24, 2.45) is 0 Å². The molecule has 2 aliphatic rings. The monoisotopic (exact) mass is 393 g/mol. The molecule has 0 saturated carbocycles. The molecule has 2 heteroatoms. The molecule has 0 amide bonds. The van der Waals surface area contributed by atoms with Crippen LogP contribution in [-0.4, -0.2) is 6.54 Å². The molecule has 2 heterocycles. The molecule has 0 fully saturated rings. The standard InChI is InChI=1S/C28H27NO/c1-27(2)16-29-22-12-6-10-18-14-19(15-21(27)24(18)22)26-28(3,4)20-11-5-8-17-9-7-13-23(30-26)25(17)20/h5-15,26,29H,16H2,1-4H3. The van der Waals surface area contributed by atoms with Crippen LogP contribution in [0.3, 0.4) is 0 Å². The predicted octanol–water partition coefficient (Wildman–Crippen LogP) is 7.11. The normalized spacial score (nSPS) is 20.6. The lowest BCUT2D eigenvalue weighted by Crippen LogP contribution is -2.35. The third kappa shape index (κ3) is 2.31. The molecular formula is C28H27NO. The fraction of sp³-hybridized carbons (Fsp3) is 0.286. The Kier molecular flexibility index (Phi) is 3.44. The fourth-order valence-corrected chi connectivity index (χ4v) is 5.54. The van der Waals surface area contributed by atoms with Crippen molar-refractivity contribution in [3.8, 4) is 5.75 Å². The van der Waals surface area contributed by atoms with Crippen LogP contribution >= 0.6 is 0 Å². The molecular weight excluding hydrogens is 366 g/mol. The molecule has 4 aromatic carbocycles. The lowest BCUT2D eigenvalue weighted by molar-refractivity contribution is 0.120. The van der Waals surface area contributed by atoms with E-state index in [-0.39, 0.29) is 16.9 Å². The summed E-state index contributed by atoms with van der Waals surface area (Å²) in [5.74, 6) is 0.996. The van der Waals surface area contributed by atoms with Crippen molar-refractivity contribution in [1.29, 1.82) is 0 Å². The maximum Gasteiger partial charge on any atom is 0.133 e. The van der Waals surface area contributed by atoms with Crippen molar-refractivity contribution < 1.29 is 4.74 Å². The van der Waals surface area contributed by atoms with Gasteiger partial charge in [0.1, 0.15) is 11.9 Å². The summed E-state index contributed by atoms with van der Waals surface area (Å²) in [7, 11) is 0. The van der Waals surface area contributed by atoms with Gasteiger partial charge < -0.3 is 10.1 Å². The van der Waals surface area contributed by atoms with E-state index in [1.165, 1.54) is 43.9 Å². The van der Waals surface area contributed by atoms with Crippen LogP contribution in [0.4, 0.5) is 5.69 Å². The first-order valence-electron chi connectivity index (χ1n) is 10.9. The van der Waals surface area contributed by atoms with Crippen molar-refractivity contribution in [2.75, 3.05) is 11.9 Å². The lowest BCUT2D eigenvalue weighted by Gasteiger charge is -2.41. The van der Waals surface area contributed by atoms with Gasteiger partial charge in [0.25, 0.3) is 0 Å². The van der Waals surface area contributed by atoms with Crippen molar-refractivity contribution in [1.82, 2.24) is 0 Å². The quantitative estimate of drug-likeness (QED) is 0.372. The van der Waals surface area contributed by atoms with Crippen LogP contribution in [0.2, 0.25) is 0 Å². The van der Waals surface area contributed by atoms with Gasteiger partial charge in [-0.2, -0.15) is 0 Å². The van der Waals surface area contributed by atoms with Crippen LogP contribution in [0, 0.1) is 0 Å². The Bertz CT molecular complexity index is 1330. The van der Waals surface area contributed by atoms with E-state index in [1.807, 2.05) is 0 Å². The molecule has 0 aromatic heterocycles. The molecule has 0 saturated heterocycles. The second-order valence-corrected chi connectivity index (χ2v) is 10.1. The van der Waals surface area contributed by atoms with Gasteiger partial charge in [-0.1, -0.05) is 76.2 Å². The number of ether oxygens (including phenoxy) is 1. The smallest absolute Gasteiger partial charge is 0.133 e. The first-order chi connectivity index (χ1) is 14.4. The number of anilines is 1. The molecule has 30 heavy (non-hydrogen) atoms. The first kappa shape index (κ1) is 17.8. The summed E-state index contributed by atoms with van der Waals surface area (Å²) < 4.78 is 6.75. The van der Waals surface area contributed by atoms with Gasteiger partial charge in [-0.25, -0.2) is 0 Å². The maximum atomic E-state index is 6.75. The average molecular weight is 394 g/mol. The van der Waals surface area contributed by atoms with E-state index in [1.54, 1.807) is 0 Å². The highest BCUT2D eigenvalue weighted by Gasteiger charge is 2.41. The van der Waals surface area contributed by atoms with Gasteiger partial charge >= 0.3 is 0 Å². The molecule has 1 atom stereocenters. The third-order valence-electron chi connectivity index (χ3n) is 7.21. The minimum absolute atomic E-state index is 0.0343. The Morgan fingerprint density at radius 2 is 1.53 bits per heavy atom. The Morgan fingerprint density at radius 1 is 0.800 bits per heavy atom. The number of hydrogen-bond acceptors (Lipinski definition) is 2. The van der Waals surface area contributed by atoms with Crippen LogP contribution < -0.4 is 10.1 Å². The average Bonchev–Trinajstić information content (AvgIpc) is 2.73. The molecule has 4 aromatic rings. The van der Waals surface area contributed by atoms with E-state index < -0.39 is 0 Å². The van der Waals surface area contributed by atoms with Crippen LogP contribution in [0.15, 0.2) is 66.7 Å². The maximum absolute atomic E-state index is 6.75. The molecule has 0 radical (unpaired) electrons. The highest BCUT2D eigenvalue weighted by Crippen LogP contribution is 2.51. The largest absolute Gasteiger partial charge is 0.484 e. The minimum atomic E-state index is -0.136. The Labute approximate surface area is 177 Å². The van der Waals surface area contributed by atoms with Crippen molar-refractivity contribution in [3.05, 3.63) is 83.4 Å². The fourth-order valence-electron chi connectivity index (χ4n) is 5.54. The van der Waals surface area contributed by atoms with Crippen molar-refractivity contribution in [3.63, 3.8) is 0 Å². The third-order valence-corrected chi connectivity index (χ3v) is 7.21. The lowest BCUT2D eigenvalue weighted by atomic mass is 9.71. The van der Waals surface area contributed by atoms with Gasteiger partial charge in [0.05, 0.1) is 0 Å². The summed E-state index contributed by atoms with van der Waals surface area (Å²) in [6, 6.07) is 24.4. The Balaban J connectivity index is 1.60. The van der Waals surface area contributed by atoms with E-state index in [0.29, 0.717) is 0 Å². The highest BCUT2D eigenvalue weighted by molar-refractivity contribution is 5.99. The SMILES string of the molecule is CC1(C)CNc2cccc3cc(C4Oc5cccc6cccc(c56)C4(C)C)cc1c23. The summed E-state index contributed by atoms with van der Waals surface area (Å²) in [6.07, 6.45) is -0.0343. The van der Waals surface area contributed by atoms with E-state index in [0.717, 1.165) is 12.3 Å². The van der Waals surface area contributed by atoms with Crippen molar-refractivity contribution in [2.45, 2.75) is 44.6 Å². The minimum Gasteiger partial charge on any atom is -0.484 e. The molecule has 0 spiro atoms. The number of hydrogen-bond donors (Lipinski definition) is 1. The summed E-state index contributed by atoms with van der Waals surface area (Å²) in [4.78, 5) is 0. The zero-order valence-electron chi connectivity index (χ0n) is 18.0. The molecule has 0 aliphatic carbocycles. The Hall–Kier alpha value is -3.00. The molecule has 2 aliphatic heterocycles. The van der Waals surface area contributed by atoms with Crippen LogP contribution in [0.1, 0.15) is 50.5 Å². The molecule has 1 N–H and O–H groups in total. The molecule has 6 rings (SSSR count). The van der Waals surface area contributed by atoms with Gasteiger partial charge in [-0.05, 0) is 45.7 Å². The summed E-state index contributed by atoms with van der Waals surface area (Å²) in [6.45, 7) is 10.2. The molecule has 1 unspecified atom stereocenters.